The first-order valence-electron chi connectivity index (χ1n) is 19.5. The minimum atomic E-state index is -0.0359. The minimum Gasteiger partial charge on any atom is -0.354 e. The molecule has 0 amide bonds. The van der Waals surface area contributed by atoms with Crippen LogP contribution in [-0.2, 0) is 10.8 Å². The summed E-state index contributed by atoms with van der Waals surface area (Å²) in [6.45, 7) is 14.1. The molecule has 260 valence electrons. The fourth-order valence-corrected chi connectivity index (χ4v) is 9.49. The zero-order valence-electron chi connectivity index (χ0n) is 31.9. The SMILES string of the molecule is CC(C)(C)c1cc(C2=CC=c3ccc4cccc5c4c3=CC2C=C5)c2[nH]c3c(-c4ccc5ccc6cccc7ccc4c5c67)cc(C(C)(C)C)cc3c2c1. The highest BCUT2D eigenvalue weighted by atomic mass is 14.7. The van der Waals surface area contributed by atoms with Crippen LogP contribution in [0.15, 0.2) is 121 Å². The molecule has 0 aliphatic heterocycles. The summed E-state index contributed by atoms with van der Waals surface area (Å²) in [4.78, 5) is 4.14. The highest BCUT2D eigenvalue weighted by Gasteiger charge is 2.26. The number of H-pyrrole nitrogens is 1. The molecule has 2 bridgehead atoms. The Morgan fingerprint density at radius 1 is 0.500 bits per heavy atom. The first-order valence-corrected chi connectivity index (χ1v) is 19.5. The first-order chi connectivity index (χ1) is 26.0. The normalized spacial score (nSPS) is 15.7. The Balaban J connectivity index is 1.24. The third-order valence-electron chi connectivity index (χ3n) is 12.5. The van der Waals surface area contributed by atoms with E-state index in [1.54, 1.807) is 0 Å². The molecule has 2 aliphatic rings. The van der Waals surface area contributed by atoms with Crippen LogP contribution in [0.4, 0.5) is 0 Å². The number of allylic oxidation sites excluding steroid dienone is 3. The number of hydrogen-bond donors (Lipinski definition) is 1. The van der Waals surface area contributed by atoms with Crippen molar-refractivity contribution < 1.29 is 0 Å². The molecule has 1 unspecified atom stereocenters. The van der Waals surface area contributed by atoms with Crippen molar-refractivity contribution in [2.45, 2.75) is 52.4 Å². The summed E-state index contributed by atoms with van der Waals surface area (Å²) in [5.74, 6) is 0.132. The molecule has 0 saturated carbocycles. The van der Waals surface area contributed by atoms with Gasteiger partial charge in [-0.2, -0.15) is 0 Å². The molecule has 0 radical (unpaired) electrons. The Bertz CT molecular complexity index is 3260. The molecule has 0 fully saturated rings. The maximum Gasteiger partial charge on any atom is 0.0545 e. The van der Waals surface area contributed by atoms with Crippen molar-refractivity contribution in [3.63, 3.8) is 0 Å². The summed E-state index contributed by atoms with van der Waals surface area (Å²) in [5.41, 5.74) is 11.5. The second-order valence-electron chi connectivity index (χ2n) is 17.8. The van der Waals surface area contributed by atoms with Crippen LogP contribution in [0.3, 0.4) is 0 Å². The summed E-state index contributed by atoms with van der Waals surface area (Å²) in [5, 5.41) is 15.8. The average Bonchev–Trinajstić information content (AvgIpc) is 3.29. The molecule has 1 heterocycles. The number of aromatic nitrogens is 1. The maximum absolute atomic E-state index is 4.14. The van der Waals surface area contributed by atoms with Crippen molar-refractivity contribution in [2.24, 2.45) is 5.92 Å². The van der Waals surface area contributed by atoms with Crippen molar-refractivity contribution >= 4 is 88.7 Å². The van der Waals surface area contributed by atoms with E-state index >= 15 is 0 Å². The van der Waals surface area contributed by atoms with Crippen molar-refractivity contribution in [3.05, 3.63) is 154 Å². The molecule has 11 rings (SSSR count). The van der Waals surface area contributed by atoms with Crippen molar-refractivity contribution in [1.82, 2.24) is 4.98 Å². The zero-order chi connectivity index (χ0) is 36.7. The third kappa shape index (κ3) is 4.51. The topological polar surface area (TPSA) is 15.8 Å². The van der Waals surface area contributed by atoms with E-state index < -0.39 is 0 Å². The van der Waals surface area contributed by atoms with Gasteiger partial charge in [-0.3, -0.25) is 0 Å². The van der Waals surface area contributed by atoms with Crippen molar-refractivity contribution in [1.29, 1.82) is 0 Å². The van der Waals surface area contributed by atoms with Crippen LogP contribution in [0.5, 0.6) is 0 Å². The van der Waals surface area contributed by atoms with Gasteiger partial charge in [-0.05, 0) is 116 Å². The summed E-state index contributed by atoms with van der Waals surface area (Å²) in [7, 11) is 0. The van der Waals surface area contributed by atoms with Gasteiger partial charge in [-0.1, -0.05) is 157 Å². The van der Waals surface area contributed by atoms with E-state index in [-0.39, 0.29) is 16.7 Å². The van der Waals surface area contributed by atoms with Crippen LogP contribution >= 0.6 is 0 Å². The van der Waals surface area contributed by atoms with Gasteiger partial charge < -0.3 is 4.98 Å². The molecular weight excluding hydrogens is 651 g/mol. The van der Waals surface area contributed by atoms with Crippen LogP contribution in [-0.4, -0.2) is 4.98 Å². The molecule has 1 heteroatoms. The molecule has 54 heavy (non-hydrogen) atoms. The minimum absolute atomic E-state index is 0.0353. The summed E-state index contributed by atoms with van der Waals surface area (Å²) in [6, 6.07) is 41.7. The second-order valence-corrected chi connectivity index (χ2v) is 17.8. The van der Waals surface area contributed by atoms with E-state index in [9.17, 15) is 0 Å². The van der Waals surface area contributed by atoms with E-state index in [1.807, 2.05) is 0 Å². The fourth-order valence-electron chi connectivity index (χ4n) is 9.49. The number of fused-ring (bicyclic) bond motifs is 4. The molecule has 1 atom stereocenters. The van der Waals surface area contributed by atoms with Crippen LogP contribution in [0.1, 0.15) is 63.8 Å². The quantitative estimate of drug-likeness (QED) is 0.174. The number of benzene rings is 8. The lowest BCUT2D eigenvalue weighted by molar-refractivity contribution is 0.590. The van der Waals surface area contributed by atoms with Gasteiger partial charge in [-0.15, -0.1) is 0 Å². The van der Waals surface area contributed by atoms with E-state index in [2.05, 4.69) is 186 Å². The predicted octanol–water partition coefficient (Wildman–Crippen LogP) is 12.9. The van der Waals surface area contributed by atoms with E-state index in [1.165, 1.54) is 114 Å². The molecule has 0 spiro atoms. The van der Waals surface area contributed by atoms with Gasteiger partial charge in [0.2, 0.25) is 0 Å². The Morgan fingerprint density at radius 2 is 1.09 bits per heavy atom. The van der Waals surface area contributed by atoms with Crippen LogP contribution < -0.4 is 10.4 Å². The second kappa shape index (κ2) is 10.8. The van der Waals surface area contributed by atoms with E-state index in [4.69, 9.17) is 0 Å². The molecule has 8 aromatic carbocycles. The largest absolute Gasteiger partial charge is 0.354 e. The average molecular weight is 694 g/mol. The van der Waals surface area contributed by atoms with Gasteiger partial charge in [0.25, 0.3) is 0 Å². The monoisotopic (exact) mass is 693 g/mol. The van der Waals surface area contributed by atoms with Gasteiger partial charge in [0.1, 0.15) is 0 Å². The molecule has 9 aromatic rings. The van der Waals surface area contributed by atoms with Crippen molar-refractivity contribution in [3.8, 4) is 11.1 Å². The molecular formula is C53H43N. The number of hydrogen-bond acceptors (Lipinski definition) is 0. The van der Waals surface area contributed by atoms with Gasteiger partial charge >= 0.3 is 0 Å². The third-order valence-corrected chi connectivity index (χ3v) is 12.5. The van der Waals surface area contributed by atoms with Gasteiger partial charge in [0, 0.05) is 27.8 Å². The summed E-state index contributed by atoms with van der Waals surface area (Å²) >= 11 is 0. The number of nitrogens with one attached hydrogen (secondary N) is 1. The molecule has 1 nitrogen and oxygen atoms in total. The van der Waals surface area contributed by atoms with Gasteiger partial charge in [0.15, 0.2) is 0 Å². The Hall–Kier alpha value is -5.92. The molecule has 1 aromatic heterocycles. The predicted molar refractivity (Wildman–Crippen MR) is 235 cm³/mol. The molecule has 0 saturated heterocycles. The lowest BCUT2D eigenvalue weighted by Crippen LogP contribution is -2.25. The van der Waals surface area contributed by atoms with E-state index in [0.717, 1.165) is 0 Å². The lowest BCUT2D eigenvalue weighted by atomic mass is 9.81. The highest BCUT2D eigenvalue weighted by molar-refractivity contribution is 6.27. The number of rotatable bonds is 2. The zero-order valence-corrected chi connectivity index (χ0v) is 31.9. The summed E-state index contributed by atoms with van der Waals surface area (Å²) < 4.78 is 0. The maximum atomic E-state index is 4.14. The van der Waals surface area contributed by atoms with E-state index in [0.29, 0.717) is 0 Å². The Kier molecular flexibility index (Phi) is 6.34. The van der Waals surface area contributed by atoms with Crippen LogP contribution in [0, 0.1) is 5.92 Å². The summed E-state index contributed by atoms with van der Waals surface area (Å²) in [6.07, 6.45) is 12.0. The standard InChI is InChI=1S/C53H43N/c1-52(2,3)37-26-43(39-22-19-30-13-14-31-9-7-10-32-17-18-36(39)25-42(30)47(31)32)50-45(28-37)46-29-38(53(4,5)6)27-44(51(46)54-50)40-23-20-35-16-15-33-11-8-12-34-21-24-41(40)49(35)48(33)34/h7-29,36,54H,1-6H3. The smallest absolute Gasteiger partial charge is 0.0545 e. The van der Waals surface area contributed by atoms with Gasteiger partial charge in [-0.25, -0.2) is 0 Å². The Morgan fingerprint density at radius 3 is 1.81 bits per heavy atom. The lowest BCUT2D eigenvalue weighted by Gasteiger charge is -2.23. The van der Waals surface area contributed by atoms with Crippen LogP contribution in [0.25, 0.3) is 99.8 Å². The fraction of sp³-hybridized carbons (Fsp3) is 0.170. The van der Waals surface area contributed by atoms with Crippen molar-refractivity contribution in [2.75, 3.05) is 0 Å². The molecule has 1 N–H and O–H groups in total. The highest BCUT2D eigenvalue weighted by Crippen LogP contribution is 2.46. The number of aromatic amines is 1. The molecule has 2 aliphatic carbocycles. The van der Waals surface area contributed by atoms with Crippen LogP contribution in [0.2, 0.25) is 0 Å². The first kappa shape index (κ1) is 31.6. The van der Waals surface area contributed by atoms with Gasteiger partial charge in [0.05, 0.1) is 11.0 Å². The Labute approximate surface area is 316 Å².